The SMILES string of the molecule is Cc1c(COc2cc(OCc3cncc(C#N)c3)c(CN[C@@](C)(CO)C(=O)O)cc2Cl)cccc1-c1cccc(-c2ccc(OCCN3CC4(CCC(=O)N4)C3)cc2)c1C. The Labute approximate surface area is 354 Å². The standard InChI is InChI=1S/C47H48ClN5O7/c1-30-35(26-60-43-20-42(59-25-33-18-32(21-49)22-50-23-33)36(19-41(43)48)24-51-46(3,29-54)45(56)57)6-4-8-39(30)40-9-5-7-38(31(40)2)34-10-12-37(13-11-34)58-17-16-53-27-47(28-53)15-14-44(55)52-47/h4-13,18-20,22-23,51,54H,14-17,24-29H2,1-3H3,(H,52,55)(H,56,57)/t46-/m0/s1. The Morgan fingerprint density at radius 1 is 0.950 bits per heavy atom. The molecule has 4 N–H and O–H groups in total. The molecule has 0 saturated carbocycles. The Kier molecular flexibility index (Phi) is 12.7. The quantitative estimate of drug-likeness (QED) is 0.0764. The Bertz CT molecular complexity index is 2430. The smallest absolute Gasteiger partial charge is 0.326 e. The summed E-state index contributed by atoms with van der Waals surface area (Å²) in [5.41, 5.74) is 7.54. The van der Waals surface area contributed by atoms with Crippen molar-refractivity contribution in [2.24, 2.45) is 0 Å². The minimum atomic E-state index is -1.60. The fourth-order valence-corrected chi connectivity index (χ4v) is 8.01. The topological polar surface area (TPSA) is 166 Å². The van der Waals surface area contributed by atoms with Crippen molar-refractivity contribution >= 4 is 23.5 Å². The van der Waals surface area contributed by atoms with Crippen molar-refractivity contribution in [1.29, 1.82) is 5.26 Å². The number of aliphatic hydroxyl groups excluding tert-OH is 1. The van der Waals surface area contributed by atoms with E-state index in [0.717, 1.165) is 70.7 Å². The first-order chi connectivity index (χ1) is 28.9. The Balaban J connectivity index is 1.04. The van der Waals surface area contributed by atoms with Gasteiger partial charge in [0.15, 0.2) is 0 Å². The monoisotopic (exact) mass is 829 g/mol. The highest BCUT2D eigenvalue weighted by atomic mass is 35.5. The molecule has 2 aliphatic heterocycles. The number of nitriles is 1. The highest BCUT2D eigenvalue weighted by molar-refractivity contribution is 6.32. The third-order valence-electron chi connectivity index (χ3n) is 11.5. The molecular formula is C47H48ClN5O7. The van der Waals surface area contributed by atoms with Crippen molar-refractivity contribution < 1.29 is 34.0 Å². The average molecular weight is 830 g/mol. The average Bonchev–Trinajstić information content (AvgIpc) is 3.64. The van der Waals surface area contributed by atoms with Gasteiger partial charge in [0.25, 0.3) is 0 Å². The lowest BCUT2D eigenvalue weighted by Gasteiger charge is -2.47. The zero-order valence-corrected chi connectivity index (χ0v) is 34.6. The van der Waals surface area contributed by atoms with E-state index in [1.165, 1.54) is 13.1 Å². The first kappa shape index (κ1) is 42.2. The lowest BCUT2D eigenvalue weighted by Crippen LogP contribution is -2.67. The van der Waals surface area contributed by atoms with Crippen molar-refractivity contribution in [3.8, 4) is 45.6 Å². The number of nitrogens with one attached hydrogen (secondary N) is 2. The molecule has 2 aliphatic rings. The second-order valence-corrected chi connectivity index (χ2v) is 16.2. The number of likely N-dealkylation sites (tertiary alicyclic amines) is 1. The zero-order chi connectivity index (χ0) is 42.4. The number of nitrogens with zero attached hydrogens (tertiary/aromatic N) is 3. The number of benzene rings is 4. The molecule has 2 saturated heterocycles. The molecule has 1 atom stereocenters. The number of carbonyl (C=O) groups is 2. The first-order valence-corrected chi connectivity index (χ1v) is 20.2. The van der Waals surface area contributed by atoms with Gasteiger partial charge in [0.1, 0.15) is 48.7 Å². The van der Waals surface area contributed by atoms with Crippen LogP contribution in [-0.4, -0.2) is 75.9 Å². The molecule has 12 nitrogen and oxygen atoms in total. The molecule has 60 heavy (non-hydrogen) atoms. The minimum absolute atomic E-state index is 0.0214. The lowest BCUT2D eigenvalue weighted by molar-refractivity contribution is -0.146. The molecular weight excluding hydrogens is 782 g/mol. The number of hydrogen-bond acceptors (Lipinski definition) is 10. The molecule has 7 rings (SSSR count). The largest absolute Gasteiger partial charge is 0.492 e. The number of aromatic nitrogens is 1. The van der Waals surface area contributed by atoms with Crippen molar-refractivity contribution in [3.05, 3.63) is 130 Å². The number of carbonyl (C=O) groups excluding carboxylic acids is 1. The predicted molar refractivity (Wildman–Crippen MR) is 228 cm³/mol. The molecule has 0 bridgehead atoms. The molecule has 1 amide bonds. The summed E-state index contributed by atoms with van der Waals surface area (Å²) in [6.45, 7) is 8.44. The van der Waals surface area contributed by atoms with Crippen LogP contribution in [0.3, 0.4) is 0 Å². The molecule has 0 unspecified atom stereocenters. The zero-order valence-electron chi connectivity index (χ0n) is 33.9. The van der Waals surface area contributed by atoms with E-state index in [2.05, 4.69) is 76.8 Å². The van der Waals surface area contributed by atoms with E-state index in [0.29, 0.717) is 46.2 Å². The van der Waals surface area contributed by atoms with E-state index in [-0.39, 0.29) is 31.2 Å². The van der Waals surface area contributed by atoms with Gasteiger partial charge in [-0.3, -0.25) is 24.8 Å². The number of hydrogen-bond donors (Lipinski definition) is 4. The Morgan fingerprint density at radius 3 is 2.37 bits per heavy atom. The molecule has 5 aromatic rings. The number of pyridine rings is 1. The molecule has 2 fully saturated rings. The summed E-state index contributed by atoms with van der Waals surface area (Å²) in [4.78, 5) is 29.9. The molecule has 0 radical (unpaired) electrons. The number of halogens is 1. The van der Waals surface area contributed by atoms with Gasteiger partial charge in [-0.15, -0.1) is 0 Å². The first-order valence-electron chi connectivity index (χ1n) is 19.9. The maximum atomic E-state index is 11.9. The summed E-state index contributed by atoms with van der Waals surface area (Å²) >= 11 is 6.77. The van der Waals surface area contributed by atoms with Crippen LogP contribution in [-0.2, 0) is 29.3 Å². The highest BCUT2D eigenvalue weighted by Gasteiger charge is 2.47. The minimum Gasteiger partial charge on any atom is -0.492 e. The van der Waals surface area contributed by atoms with Crippen LogP contribution in [0.25, 0.3) is 22.3 Å². The fraction of sp³-hybridized carbons (Fsp3) is 0.319. The maximum absolute atomic E-state index is 11.9. The van der Waals surface area contributed by atoms with E-state index in [1.54, 1.807) is 24.4 Å². The van der Waals surface area contributed by atoms with Gasteiger partial charge in [-0.2, -0.15) is 5.26 Å². The molecule has 4 aromatic carbocycles. The highest BCUT2D eigenvalue weighted by Crippen LogP contribution is 2.37. The number of aliphatic hydroxyl groups is 1. The summed E-state index contributed by atoms with van der Waals surface area (Å²) in [7, 11) is 0. The molecule has 13 heteroatoms. The fourth-order valence-electron chi connectivity index (χ4n) is 7.77. The van der Waals surface area contributed by atoms with E-state index in [9.17, 15) is 25.1 Å². The molecule has 310 valence electrons. The summed E-state index contributed by atoms with van der Waals surface area (Å²) in [6, 6.07) is 27.7. The van der Waals surface area contributed by atoms with Crippen LogP contribution in [0.4, 0.5) is 0 Å². The third-order valence-corrected chi connectivity index (χ3v) is 11.8. The molecule has 3 heterocycles. The van der Waals surface area contributed by atoms with E-state index in [1.807, 2.05) is 24.3 Å². The summed E-state index contributed by atoms with van der Waals surface area (Å²) < 4.78 is 18.6. The Hall–Kier alpha value is -5.97. The van der Waals surface area contributed by atoms with Gasteiger partial charge in [-0.25, -0.2) is 0 Å². The molecule has 0 aliphatic carbocycles. The number of ether oxygens (including phenoxy) is 3. The molecule has 1 spiro atoms. The van der Waals surface area contributed by atoms with Crippen LogP contribution in [0.5, 0.6) is 17.2 Å². The second kappa shape index (κ2) is 18.1. The maximum Gasteiger partial charge on any atom is 0.326 e. The van der Waals surface area contributed by atoms with Crippen molar-refractivity contribution in [3.63, 3.8) is 0 Å². The van der Waals surface area contributed by atoms with Gasteiger partial charge in [0.05, 0.1) is 22.7 Å². The summed E-state index contributed by atoms with van der Waals surface area (Å²) in [6.07, 6.45) is 4.61. The van der Waals surface area contributed by atoms with Crippen molar-refractivity contribution in [2.45, 2.75) is 64.4 Å². The van der Waals surface area contributed by atoms with E-state index >= 15 is 0 Å². The third kappa shape index (κ3) is 9.40. The normalized spacial score (nSPS) is 15.4. The van der Waals surface area contributed by atoms with Crippen LogP contribution >= 0.6 is 11.6 Å². The van der Waals surface area contributed by atoms with Gasteiger partial charge in [0.2, 0.25) is 5.91 Å². The van der Waals surface area contributed by atoms with Gasteiger partial charge in [-0.1, -0.05) is 60.1 Å². The summed E-state index contributed by atoms with van der Waals surface area (Å²) in [5, 5.41) is 35.1. The summed E-state index contributed by atoms with van der Waals surface area (Å²) in [5.74, 6) is 0.517. The van der Waals surface area contributed by atoms with Gasteiger partial charge < -0.3 is 29.7 Å². The number of amides is 1. The van der Waals surface area contributed by atoms with Crippen molar-refractivity contribution in [1.82, 2.24) is 20.5 Å². The van der Waals surface area contributed by atoms with E-state index < -0.39 is 18.1 Å². The number of rotatable bonds is 17. The second-order valence-electron chi connectivity index (χ2n) is 15.8. The number of carboxylic acid groups (broad SMARTS) is 1. The number of carboxylic acids is 1. The van der Waals surface area contributed by atoms with Crippen LogP contribution in [0.15, 0.2) is 91.3 Å². The van der Waals surface area contributed by atoms with Gasteiger partial charge >= 0.3 is 5.97 Å². The van der Waals surface area contributed by atoms with Crippen molar-refractivity contribution in [2.75, 3.05) is 32.8 Å². The van der Waals surface area contributed by atoms with Crippen LogP contribution in [0, 0.1) is 25.2 Å². The molecule has 1 aromatic heterocycles. The van der Waals surface area contributed by atoms with Gasteiger partial charge in [-0.05, 0) is 90.4 Å². The van der Waals surface area contributed by atoms with Crippen LogP contribution in [0.1, 0.15) is 53.1 Å². The lowest BCUT2D eigenvalue weighted by atomic mass is 9.88. The van der Waals surface area contributed by atoms with Crippen LogP contribution in [0.2, 0.25) is 5.02 Å². The predicted octanol–water partition coefficient (Wildman–Crippen LogP) is 6.98. The number of aliphatic carboxylic acids is 1. The van der Waals surface area contributed by atoms with E-state index in [4.69, 9.17) is 25.8 Å². The Morgan fingerprint density at radius 2 is 1.67 bits per heavy atom. The van der Waals surface area contributed by atoms with Gasteiger partial charge in [0, 0.05) is 62.2 Å². The van der Waals surface area contributed by atoms with Crippen LogP contribution < -0.4 is 24.8 Å².